The SMILES string of the molecule is CCNC1CCCC1CCN1CC(C(C)C)CC1=O. The Bertz CT molecular complexity index is 303. The van der Waals surface area contributed by atoms with Crippen molar-refractivity contribution in [3.8, 4) is 0 Å². The molecule has 0 bridgehead atoms. The summed E-state index contributed by atoms with van der Waals surface area (Å²) in [5.74, 6) is 2.39. The van der Waals surface area contributed by atoms with E-state index in [0.29, 0.717) is 23.8 Å². The summed E-state index contributed by atoms with van der Waals surface area (Å²) in [6, 6.07) is 0.698. The molecule has 1 aliphatic carbocycles. The van der Waals surface area contributed by atoms with E-state index in [-0.39, 0.29) is 0 Å². The zero-order valence-corrected chi connectivity index (χ0v) is 12.8. The van der Waals surface area contributed by atoms with Crippen LogP contribution in [0.2, 0.25) is 0 Å². The average molecular weight is 266 g/mol. The van der Waals surface area contributed by atoms with Gasteiger partial charge in [0.05, 0.1) is 0 Å². The largest absolute Gasteiger partial charge is 0.342 e. The number of nitrogens with one attached hydrogen (secondary N) is 1. The van der Waals surface area contributed by atoms with E-state index in [4.69, 9.17) is 0 Å². The highest BCUT2D eigenvalue weighted by molar-refractivity contribution is 5.78. The van der Waals surface area contributed by atoms with Crippen LogP contribution < -0.4 is 5.32 Å². The minimum atomic E-state index is 0.386. The van der Waals surface area contributed by atoms with Gasteiger partial charge in [-0.1, -0.05) is 27.2 Å². The van der Waals surface area contributed by atoms with Crippen molar-refractivity contribution in [3.05, 3.63) is 0 Å². The number of likely N-dealkylation sites (tertiary alicyclic amines) is 1. The second kappa shape index (κ2) is 6.74. The van der Waals surface area contributed by atoms with Crippen molar-refractivity contribution in [2.24, 2.45) is 17.8 Å². The molecular weight excluding hydrogens is 236 g/mol. The Balaban J connectivity index is 1.77. The molecule has 1 saturated carbocycles. The lowest BCUT2D eigenvalue weighted by Gasteiger charge is -2.24. The Morgan fingerprint density at radius 3 is 2.79 bits per heavy atom. The Labute approximate surface area is 118 Å². The third kappa shape index (κ3) is 3.71. The third-order valence-electron chi connectivity index (χ3n) is 5.08. The molecule has 0 aromatic rings. The van der Waals surface area contributed by atoms with Crippen LogP contribution in [0, 0.1) is 17.8 Å². The maximum Gasteiger partial charge on any atom is 0.222 e. The monoisotopic (exact) mass is 266 g/mol. The molecule has 110 valence electrons. The van der Waals surface area contributed by atoms with Crippen LogP contribution in [0.5, 0.6) is 0 Å². The molecule has 19 heavy (non-hydrogen) atoms. The second-order valence-electron chi connectivity index (χ2n) is 6.69. The summed E-state index contributed by atoms with van der Waals surface area (Å²) in [7, 11) is 0. The van der Waals surface area contributed by atoms with Crippen LogP contribution in [-0.4, -0.2) is 36.5 Å². The standard InChI is InChI=1S/C16H30N2O/c1-4-17-15-7-5-6-13(15)8-9-18-11-14(12(2)3)10-16(18)19/h12-15,17H,4-11H2,1-3H3. The van der Waals surface area contributed by atoms with Crippen molar-refractivity contribution < 1.29 is 4.79 Å². The Hall–Kier alpha value is -0.570. The predicted octanol–water partition coefficient (Wildman–Crippen LogP) is 2.66. The summed E-state index contributed by atoms with van der Waals surface area (Å²) in [5, 5.41) is 3.60. The number of carbonyl (C=O) groups is 1. The molecule has 3 atom stereocenters. The topological polar surface area (TPSA) is 32.3 Å². The highest BCUT2D eigenvalue weighted by Crippen LogP contribution is 2.30. The molecule has 3 nitrogen and oxygen atoms in total. The first-order chi connectivity index (χ1) is 9.11. The molecule has 3 unspecified atom stereocenters. The summed E-state index contributed by atoms with van der Waals surface area (Å²) in [6.07, 6.45) is 5.98. The number of hydrogen-bond donors (Lipinski definition) is 1. The van der Waals surface area contributed by atoms with Gasteiger partial charge in [0.1, 0.15) is 0 Å². The molecular formula is C16H30N2O. The first kappa shape index (κ1) is 14.8. The molecule has 0 radical (unpaired) electrons. The van der Waals surface area contributed by atoms with Crippen molar-refractivity contribution in [3.63, 3.8) is 0 Å². The van der Waals surface area contributed by atoms with E-state index >= 15 is 0 Å². The van der Waals surface area contributed by atoms with Gasteiger partial charge in [0, 0.05) is 25.6 Å². The molecule has 2 fully saturated rings. The van der Waals surface area contributed by atoms with Crippen LogP contribution in [0.15, 0.2) is 0 Å². The van der Waals surface area contributed by atoms with Gasteiger partial charge in [-0.2, -0.15) is 0 Å². The number of nitrogens with zero attached hydrogens (tertiary/aromatic N) is 1. The van der Waals surface area contributed by atoms with Crippen LogP contribution in [-0.2, 0) is 4.79 Å². The highest BCUT2D eigenvalue weighted by atomic mass is 16.2. The van der Waals surface area contributed by atoms with Gasteiger partial charge in [0.15, 0.2) is 0 Å². The van der Waals surface area contributed by atoms with Crippen LogP contribution in [0.3, 0.4) is 0 Å². The van der Waals surface area contributed by atoms with Gasteiger partial charge in [-0.25, -0.2) is 0 Å². The van der Waals surface area contributed by atoms with E-state index in [1.165, 1.54) is 25.7 Å². The number of amides is 1. The van der Waals surface area contributed by atoms with Crippen LogP contribution >= 0.6 is 0 Å². The lowest BCUT2D eigenvalue weighted by atomic mass is 9.95. The lowest BCUT2D eigenvalue weighted by molar-refractivity contribution is -0.127. The first-order valence-corrected chi connectivity index (χ1v) is 8.13. The maximum absolute atomic E-state index is 12.0. The zero-order valence-electron chi connectivity index (χ0n) is 12.8. The molecule has 2 aliphatic rings. The summed E-state index contributed by atoms with van der Waals surface area (Å²) in [4.78, 5) is 14.1. The summed E-state index contributed by atoms with van der Waals surface area (Å²) in [6.45, 7) is 9.70. The highest BCUT2D eigenvalue weighted by Gasteiger charge is 2.33. The van der Waals surface area contributed by atoms with E-state index in [1.807, 2.05) is 0 Å². The quantitative estimate of drug-likeness (QED) is 0.801. The van der Waals surface area contributed by atoms with Crippen molar-refractivity contribution in [2.75, 3.05) is 19.6 Å². The fourth-order valence-corrected chi connectivity index (χ4v) is 3.70. The van der Waals surface area contributed by atoms with Gasteiger partial charge in [-0.05, 0) is 43.6 Å². The lowest BCUT2D eigenvalue weighted by Crippen LogP contribution is -2.35. The molecule has 2 rings (SSSR count). The van der Waals surface area contributed by atoms with Crippen molar-refractivity contribution in [1.82, 2.24) is 10.2 Å². The Morgan fingerprint density at radius 1 is 1.37 bits per heavy atom. The van der Waals surface area contributed by atoms with Gasteiger partial charge in [0.2, 0.25) is 5.91 Å². The van der Waals surface area contributed by atoms with Crippen molar-refractivity contribution in [1.29, 1.82) is 0 Å². The van der Waals surface area contributed by atoms with Gasteiger partial charge in [-0.3, -0.25) is 4.79 Å². The van der Waals surface area contributed by atoms with E-state index in [0.717, 1.165) is 32.0 Å². The Morgan fingerprint density at radius 2 is 2.16 bits per heavy atom. The predicted molar refractivity (Wildman–Crippen MR) is 78.9 cm³/mol. The fourth-order valence-electron chi connectivity index (χ4n) is 3.70. The minimum Gasteiger partial charge on any atom is -0.342 e. The molecule has 0 aromatic carbocycles. The molecule has 1 N–H and O–H groups in total. The van der Waals surface area contributed by atoms with Gasteiger partial charge in [0.25, 0.3) is 0 Å². The number of rotatable bonds is 6. The van der Waals surface area contributed by atoms with Crippen LogP contribution in [0.1, 0.15) is 52.9 Å². The first-order valence-electron chi connectivity index (χ1n) is 8.13. The zero-order chi connectivity index (χ0) is 13.8. The van der Waals surface area contributed by atoms with Gasteiger partial charge < -0.3 is 10.2 Å². The molecule has 0 spiro atoms. The molecule has 3 heteroatoms. The fraction of sp³-hybridized carbons (Fsp3) is 0.938. The van der Waals surface area contributed by atoms with E-state index < -0.39 is 0 Å². The molecule has 1 saturated heterocycles. The summed E-state index contributed by atoms with van der Waals surface area (Å²) >= 11 is 0. The van der Waals surface area contributed by atoms with Gasteiger partial charge >= 0.3 is 0 Å². The maximum atomic E-state index is 12.0. The minimum absolute atomic E-state index is 0.386. The third-order valence-corrected chi connectivity index (χ3v) is 5.08. The average Bonchev–Trinajstić information content (AvgIpc) is 2.94. The molecule has 0 aromatic heterocycles. The molecule has 1 heterocycles. The number of carbonyl (C=O) groups excluding carboxylic acids is 1. The van der Waals surface area contributed by atoms with E-state index in [9.17, 15) is 4.79 Å². The normalized spacial score (nSPS) is 31.7. The van der Waals surface area contributed by atoms with E-state index in [1.54, 1.807) is 0 Å². The number of hydrogen-bond acceptors (Lipinski definition) is 2. The van der Waals surface area contributed by atoms with Gasteiger partial charge in [-0.15, -0.1) is 0 Å². The summed E-state index contributed by atoms with van der Waals surface area (Å²) < 4.78 is 0. The van der Waals surface area contributed by atoms with Crippen molar-refractivity contribution >= 4 is 5.91 Å². The molecule has 1 amide bonds. The smallest absolute Gasteiger partial charge is 0.222 e. The van der Waals surface area contributed by atoms with Crippen LogP contribution in [0.25, 0.3) is 0 Å². The van der Waals surface area contributed by atoms with E-state index in [2.05, 4.69) is 31.0 Å². The summed E-state index contributed by atoms with van der Waals surface area (Å²) in [5.41, 5.74) is 0. The van der Waals surface area contributed by atoms with Crippen LogP contribution in [0.4, 0.5) is 0 Å². The Kier molecular flexibility index (Phi) is 5.26. The van der Waals surface area contributed by atoms with Crippen molar-refractivity contribution in [2.45, 2.75) is 58.9 Å². The second-order valence-corrected chi connectivity index (χ2v) is 6.69. The molecule has 1 aliphatic heterocycles.